The summed E-state index contributed by atoms with van der Waals surface area (Å²) in [5, 5.41) is 0. The van der Waals surface area contributed by atoms with Gasteiger partial charge in [-0.1, -0.05) is 37.6 Å². The maximum absolute atomic E-state index is 4.19. The first kappa shape index (κ1) is 12.6. The molecule has 1 heterocycles. The zero-order valence-corrected chi connectivity index (χ0v) is 11.1. The first-order chi connectivity index (χ1) is 8.78. The van der Waals surface area contributed by atoms with Crippen LogP contribution in [0.2, 0.25) is 0 Å². The molecule has 0 aliphatic heterocycles. The smallest absolute Gasteiger partial charge is 0.0990 e. The third-order valence-electron chi connectivity index (χ3n) is 2.97. The maximum atomic E-state index is 4.19. The Labute approximate surface area is 109 Å². The SMILES string of the molecule is CCCCc1ccc(/C=C\n2cnc(C)c2)cc1. The fourth-order valence-corrected chi connectivity index (χ4v) is 1.87. The van der Waals surface area contributed by atoms with Crippen LogP contribution >= 0.6 is 0 Å². The predicted octanol–water partition coefficient (Wildman–Crippen LogP) is 4.16. The summed E-state index contributed by atoms with van der Waals surface area (Å²) < 4.78 is 1.97. The average Bonchev–Trinajstić information content (AvgIpc) is 2.81. The second kappa shape index (κ2) is 6.20. The minimum Gasteiger partial charge on any atom is -0.313 e. The van der Waals surface area contributed by atoms with Gasteiger partial charge in [0.2, 0.25) is 0 Å². The molecule has 2 nitrogen and oxygen atoms in total. The van der Waals surface area contributed by atoms with Crippen molar-refractivity contribution in [3.8, 4) is 0 Å². The molecule has 0 saturated heterocycles. The largest absolute Gasteiger partial charge is 0.313 e. The van der Waals surface area contributed by atoms with Crippen molar-refractivity contribution < 1.29 is 0 Å². The van der Waals surface area contributed by atoms with Crippen molar-refractivity contribution in [2.75, 3.05) is 0 Å². The molecule has 0 unspecified atom stereocenters. The molecule has 0 N–H and O–H groups in total. The van der Waals surface area contributed by atoms with E-state index >= 15 is 0 Å². The Kier molecular flexibility index (Phi) is 4.35. The van der Waals surface area contributed by atoms with Crippen molar-refractivity contribution in [3.05, 3.63) is 53.6 Å². The topological polar surface area (TPSA) is 17.8 Å². The number of rotatable bonds is 5. The van der Waals surface area contributed by atoms with Crippen LogP contribution in [0, 0.1) is 6.92 Å². The van der Waals surface area contributed by atoms with Gasteiger partial charge in [0.15, 0.2) is 0 Å². The first-order valence-electron chi connectivity index (χ1n) is 6.55. The third-order valence-corrected chi connectivity index (χ3v) is 2.97. The molecule has 0 aliphatic rings. The van der Waals surface area contributed by atoms with E-state index < -0.39 is 0 Å². The molecule has 0 saturated carbocycles. The van der Waals surface area contributed by atoms with E-state index in [-0.39, 0.29) is 0 Å². The van der Waals surface area contributed by atoms with Gasteiger partial charge in [0.05, 0.1) is 12.0 Å². The lowest BCUT2D eigenvalue weighted by atomic mass is 10.1. The summed E-state index contributed by atoms with van der Waals surface area (Å²) in [6.07, 6.45) is 11.7. The quantitative estimate of drug-likeness (QED) is 0.767. The van der Waals surface area contributed by atoms with Crippen LogP contribution in [-0.2, 0) is 6.42 Å². The summed E-state index contributed by atoms with van der Waals surface area (Å²) in [5.41, 5.74) is 3.68. The van der Waals surface area contributed by atoms with Gasteiger partial charge in [-0.3, -0.25) is 0 Å². The monoisotopic (exact) mass is 240 g/mol. The zero-order chi connectivity index (χ0) is 12.8. The van der Waals surface area contributed by atoms with Crippen LogP contribution < -0.4 is 0 Å². The molecule has 0 atom stereocenters. The molecule has 2 heteroatoms. The van der Waals surface area contributed by atoms with E-state index in [4.69, 9.17) is 0 Å². The zero-order valence-electron chi connectivity index (χ0n) is 11.1. The highest BCUT2D eigenvalue weighted by Crippen LogP contribution is 2.09. The Morgan fingerprint density at radius 2 is 2.00 bits per heavy atom. The van der Waals surface area contributed by atoms with Crippen LogP contribution in [0.25, 0.3) is 12.3 Å². The number of aromatic nitrogens is 2. The van der Waals surface area contributed by atoms with Crippen LogP contribution in [0.15, 0.2) is 36.8 Å². The molecule has 2 rings (SSSR count). The normalized spacial score (nSPS) is 11.2. The van der Waals surface area contributed by atoms with Gasteiger partial charge in [0, 0.05) is 12.4 Å². The van der Waals surface area contributed by atoms with Crippen LogP contribution in [0.1, 0.15) is 36.6 Å². The number of aryl methyl sites for hydroxylation is 2. The molecule has 0 amide bonds. The lowest BCUT2D eigenvalue weighted by molar-refractivity contribution is 0.795. The number of unbranched alkanes of at least 4 members (excludes halogenated alkanes) is 1. The lowest BCUT2D eigenvalue weighted by Crippen LogP contribution is -1.84. The van der Waals surface area contributed by atoms with E-state index in [2.05, 4.69) is 42.2 Å². The Balaban J connectivity index is 1.99. The first-order valence-corrected chi connectivity index (χ1v) is 6.55. The van der Waals surface area contributed by atoms with E-state index in [1.165, 1.54) is 30.4 Å². The lowest BCUT2D eigenvalue weighted by Gasteiger charge is -2.00. The van der Waals surface area contributed by atoms with E-state index in [0.29, 0.717) is 0 Å². The summed E-state index contributed by atoms with van der Waals surface area (Å²) in [6.45, 7) is 4.22. The molecule has 18 heavy (non-hydrogen) atoms. The van der Waals surface area contributed by atoms with E-state index in [9.17, 15) is 0 Å². The van der Waals surface area contributed by atoms with Gasteiger partial charge < -0.3 is 4.57 Å². The number of benzene rings is 1. The second-order valence-corrected chi connectivity index (χ2v) is 4.62. The van der Waals surface area contributed by atoms with Crippen LogP contribution in [0.4, 0.5) is 0 Å². The molecule has 0 bridgehead atoms. The molecule has 0 aliphatic carbocycles. The maximum Gasteiger partial charge on any atom is 0.0990 e. The summed E-state index contributed by atoms with van der Waals surface area (Å²) in [7, 11) is 0. The highest BCUT2D eigenvalue weighted by atomic mass is 15.0. The van der Waals surface area contributed by atoms with Crippen molar-refractivity contribution in [1.82, 2.24) is 9.55 Å². The molecule has 1 aromatic heterocycles. The molecule has 94 valence electrons. The summed E-state index contributed by atoms with van der Waals surface area (Å²) >= 11 is 0. The van der Waals surface area contributed by atoms with Crippen LogP contribution in [0.3, 0.4) is 0 Å². The minimum atomic E-state index is 1.04. The highest BCUT2D eigenvalue weighted by Gasteiger charge is 1.93. The molecule has 2 aromatic rings. The van der Waals surface area contributed by atoms with Gasteiger partial charge in [-0.05, 0) is 37.0 Å². The van der Waals surface area contributed by atoms with Crippen molar-refractivity contribution in [2.24, 2.45) is 0 Å². The van der Waals surface area contributed by atoms with Crippen molar-refractivity contribution >= 4 is 12.3 Å². The molecule has 1 aromatic carbocycles. The number of hydrogen-bond donors (Lipinski definition) is 0. The van der Waals surface area contributed by atoms with Gasteiger partial charge in [0.1, 0.15) is 0 Å². The van der Waals surface area contributed by atoms with Gasteiger partial charge in [0.25, 0.3) is 0 Å². The Hall–Kier alpha value is -1.83. The number of imidazole rings is 1. The summed E-state index contributed by atoms with van der Waals surface area (Å²) in [6, 6.07) is 8.78. The Morgan fingerprint density at radius 3 is 2.61 bits per heavy atom. The Morgan fingerprint density at radius 1 is 1.22 bits per heavy atom. The highest BCUT2D eigenvalue weighted by molar-refractivity contribution is 5.60. The molecule has 0 spiro atoms. The fourth-order valence-electron chi connectivity index (χ4n) is 1.87. The number of hydrogen-bond acceptors (Lipinski definition) is 1. The van der Waals surface area contributed by atoms with E-state index in [1.54, 1.807) is 0 Å². The predicted molar refractivity (Wildman–Crippen MR) is 77.2 cm³/mol. The van der Waals surface area contributed by atoms with Crippen LogP contribution in [0.5, 0.6) is 0 Å². The van der Waals surface area contributed by atoms with Gasteiger partial charge >= 0.3 is 0 Å². The standard InChI is InChI=1S/C16H20N2/c1-3-4-5-15-6-8-16(9-7-15)10-11-18-12-14(2)17-13-18/h6-13H,3-5H2,1-2H3/b11-10-. The molecule has 0 fully saturated rings. The van der Waals surface area contributed by atoms with Crippen LogP contribution in [-0.4, -0.2) is 9.55 Å². The van der Waals surface area contributed by atoms with Gasteiger partial charge in [-0.25, -0.2) is 4.98 Å². The minimum absolute atomic E-state index is 1.04. The summed E-state index contributed by atoms with van der Waals surface area (Å²) in [4.78, 5) is 4.19. The molecular weight excluding hydrogens is 220 g/mol. The summed E-state index contributed by atoms with van der Waals surface area (Å²) in [5.74, 6) is 0. The van der Waals surface area contributed by atoms with E-state index in [0.717, 1.165) is 5.69 Å². The fraction of sp³-hybridized carbons (Fsp3) is 0.312. The molecule has 0 radical (unpaired) electrons. The number of nitrogens with zero attached hydrogens (tertiary/aromatic N) is 2. The second-order valence-electron chi connectivity index (χ2n) is 4.62. The average molecular weight is 240 g/mol. The Bertz CT molecular complexity index is 506. The van der Waals surface area contributed by atoms with Crippen molar-refractivity contribution in [3.63, 3.8) is 0 Å². The van der Waals surface area contributed by atoms with E-state index in [1.807, 2.05) is 30.2 Å². The van der Waals surface area contributed by atoms with Gasteiger partial charge in [-0.2, -0.15) is 0 Å². The van der Waals surface area contributed by atoms with Crippen molar-refractivity contribution in [1.29, 1.82) is 0 Å². The van der Waals surface area contributed by atoms with Gasteiger partial charge in [-0.15, -0.1) is 0 Å². The third kappa shape index (κ3) is 3.59. The van der Waals surface area contributed by atoms with Crippen molar-refractivity contribution in [2.45, 2.75) is 33.1 Å². The molecular formula is C16H20N2.